The summed E-state index contributed by atoms with van der Waals surface area (Å²) in [5.41, 5.74) is 0.00690. The van der Waals surface area contributed by atoms with Gasteiger partial charge in [-0.1, -0.05) is 18.2 Å². The van der Waals surface area contributed by atoms with Crippen molar-refractivity contribution in [3.63, 3.8) is 0 Å². The van der Waals surface area contributed by atoms with Crippen LogP contribution in [-0.4, -0.2) is 49.4 Å². The van der Waals surface area contributed by atoms with E-state index in [-0.39, 0.29) is 23.8 Å². The number of hydrogen-bond acceptors (Lipinski definition) is 5. The molecule has 12 heteroatoms. The molecule has 32 heavy (non-hydrogen) atoms. The number of amides is 2. The lowest BCUT2D eigenvalue weighted by Crippen LogP contribution is -2.47. The average molecular weight is 447 g/mol. The molecular formula is C20H20F3N7O2. The quantitative estimate of drug-likeness (QED) is 0.660. The van der Waals surface area contributed by atoms with E-state index in [0.29, 0.717) is 18.8 Å². The van der Waals surface area contributed by atoms with E-state index < -0.39 is 23.7 Å². The number of aryl methyl sites for hydroxylation is 2. The highest BCUT2D eigenvalue weighted by atomic mass is 19.4. The minimum atomic E-state index is -4.50. The summed E-state index contributed by atoms with van der Waals surface area (Å²) in [6.45, 7) is 2.05. The Morgan fingerprint density at radius 2 is 2.00 bits per heavy atom. The van der Waals surface area contributed by atoms with E-state index >= 15 is 0 Å². The van der Waals surface area contributed by atoms with Crippen LogP contribution in [0.25, 0.3) is 0 Å². The molecule has 0 saturated heterocycles. The maximum absolute atomic E-state index is 13.2. The van der Waals surface area contributed by atoms with Crippen LogP contribution in [-0.2, 0) is 24.1 Å². The van der Waals surface area contributed by atoms with Crippen molar-refractivity contribution in [3.8, 4) is 0 Å². The molecule has 1 aliphatic heterocycles. The molecule has 2 amide bonds. The number of nitrogens with zero attached hydrogens (tertiary/aromatic N) is 6. The van der Waals surface area contributed by atoms with Gasteiger partial charge in [-0.05, 0) is 25.0 Å². The zero-order valence-corrected chi connectivity index (χ0v) is 17.3. The van der Waals surface area contributed by atoms with Gasteiger partial charge in [0.15, 0.2) is 0 Å². The lowest BCUT2D eigenvalue weighted by atomic mass is 10.1. The Kier molecular flexibility index (Phi) is 5.45. The second kappa shape index (κ2) is 8.09. The number of rotatable bonds is 4. The first-order chi connectivity index (χ1) is 15.1. The van der Waals surface area contributed by atoms with Crippen LogP contribution in [0.1, 0.15) is 33.9 Å². The minimum Gasteiger partial charge on any atom is -0.337 e. The lowest BCUT2D eigenvalue weighted by molar-refractivity contribution is -0.138. The van der Waals surface area contributed by atoms with Crippen LogP contribution in [0.15, 0.2) is 36.7 Å². The highest BCUT2D eigenvalue weighted by Crippen LogP contribution is 2.32. The number of benzene rings is 1. The maximum Gasteiger partial charge on any atom is 0.416 e. The van der Waals surface area contributed by atoms with Gasteiger partial charge in [0, 0.05) is 19.7 Å². The number of hydrogen-bond donors (Lipinski definition) is 1. The summed E-state index contributed by atoms with van der Waals surface area (Å²) in [6, 6.07) is 6.10. The molecule has 3 heterocycles. The van der Waals surface area contributed by atoms with E-state index in [4.69, 9.17) is 0 Å². The molecule has 9 nitrogen and oxygen atoms in total. The van der Waals surface area contributed by atoms with Gasteiger partial charge < -0.3 is 5.32 Å². The summed E-state index contributed by atoms with van der Waals surface area (Å²) in [4.78, 5) is 30.7. The molecule has 168 valence electrons. The van der Waals surface area contributed by atoms with Crippen molar-refractivity contribution in [3.05, 3.63) is 59.3 Å². The molecule has 0 fully saturated rings. The van der Waals surface area contributed by atoms with Crippen LogP contribution in [0.2, 0.25) is 0 Å². The van der Waals surface area contributed by atoms with Crippen LogP contribution in [0.5, 0.6) is 0 Å². The van der Waals surface area contributed by atoms with Crippen molar-refractivity contribution in [2.75, 3.05) is 11.9 Å². The number of carbonyl (C=O) groups excluding carboxylic acids is 2. The molecule has 2 aromatic heterocycles. The molecule has 4 rings (SSSR count). The van der Waals surface area contributed by atoms with Gasteiger partial charge in [-0.15, -0.1) is 5.10 Å². The predicted molar refractivity (Wildman–Crippen MR) is 107 cm³/mol. The van der Waals surface area contributed by atoms with Crippen LogP contribution in [0.3, 0.4) is 0 Å². The van der Waals surface area contributed by atoms with Crippen LogP contribution in [0, 0.1) is 6.92 Å². The van der Waals surface area contributed by atoms with Gasteiger partial charge in [-0.25, -0.2) is 14.3 Å². The van der Waals surface area contributed by atoms with Gasteiger partial charge in [-0.3, -0.25) is 14.5 Å². The molecule has 3 aromatic rings. The first kappa shape index (κ1) is 21.5. The second-order valence-corrected chi connectivity index (χ2v) is 7.50. The number of halogens is 3. The van der Waals surface area contributed by atoms with Gasteiger partial charge in [0.2, 0.25) is 5.82 Å². The zero-order chi connectivity index (χ0) is 23.0. The fourth-order valence-corrected chi connectivity index (χ4v) is 3.63. The van der Waals surface area contributed by atoms with Crippen molar-refractivity contribution < 1.29 is 22.8 Å². The van der Waals surface area contributed by atoms with Crippen molar-refractivity contribution in [1.82, 2.24) is 29.9 Å². The number of carbonyl (C=O) groups is 2. The van der Waals surface area contributed by atoms with Crippen molar-refractivity contribution >= 4 is 17.6 Å². The molecule has 0 unspecified atom stereocenters. The monoisotopic (exact) mass is 447 g/mol. The molecule has 0 spiro atoms. The van der Waals surface area contributed by atoms with Gasteiger partial charge in [0.05, 0.1) is 17.8 Å². The summed E-state index contributed by atoms with van der Waals surface area (Å²) in [5.74, 6) is -0.594. The normalized spacial score (nSPS) is 16.6. The standard InChI is InChI=1S/C20H20F3N7O2/c1-12-9-16-28(2)19(32)15(7-8-30(16)26-12)25-18(31)17-24-11-29(27-17)10-13-5-3-4-6-14(13)20(21,22)23/h3-6,9,11,15H,7-8,10H2,1-2H3,(H,25,31)/t15-/m0/s1. The number of alkyl halides is 3. The Bertz CT molecular complexity index is 1170. The van der Waals surface area contributed by atoms with E-state index in [0.717, 1.165) is 16.4 Å². The molecule has 0 saturated carbocycles. The summed E-state index contributed by atoms with van der Waals surface area (Å²) < 4.78 is 42.4. The maximum atomic E-state index is 13.2. The molecule has 1 N–H and O–H groups in total. The highest BCUT2D eigenvalue weighted by Gasteiger charge is 2.33. The summed E-state index contributed by atoms with van der Waals surface area (Å²) in [6.07, 6.45) is -3.00. The summed E-state index contributed by atoms with van der Waals surface area (Å²) in [7, 11) is 1.60. The van der Waals surface area contributed by atoms with Crippen molar-refractivity contribution in [2.45, 2.75) is 38.7 Å². The zero-order valence-electron chi connectivity index (χ0n) is 17.3. The Hall–Kier alpha value is -3.70. The van der Waals surface area contributed by atoms with E-state index in [1.807, 2.05) is 6.92 Å². The van der Waals surface area contributed by atoms with E-state index in [1.165, 1.54) is 29.4 Å². The fraction of sp³-hybridized carbons (Fsp3) is 0.350. The first-order valence-corrected chi connectivity index (χ1v) is 9.81. The van der Waals surface area contributed by atoms with Crippen LogP contribution < -0.4 is 10.2 Å². The minimum absolute atomic E-state index is 0.00198. The second-order valence-electron chi connectivity index (χ2n) is 7.50. The molecule has 0 aliphatic carbocycles. The Labute approximate surface area is 180 Å². The number of nitrogens with one attached hydrogen (secondary N) is 1. The Morgan fingerprint density at radius 3 is 2.75 bits per heavy atom. The highest BCUT2D eigenvalue weighted by molar-refractivity contribution is 6.00. The number of anilines is 1. The van der Waals surface area contributed by atoms with Crippen molar-refractivity contribution in [1.29, 1.82) is 0 Å². The third-order valence-electron chi connectivity index (χ3n) is 5.18. The largest absolute Gasteiger partial charge is 0.416 e. The molecule has 1 atom stereocenters. The third-order valence-corrected chi connectivity index (χ3v) is 5.18. The van der Waals surface area contributed by atoms with Gasteiger partial charge >= 0.3 is 6.18 Å². The molecule has 0 radical (unpaired) electrons. The van der Waals surface area contributed by atoms with E-state index in [1.54, 1.807) is 17.8 Å². The molecule has 1 aliphatic rings. The van der Waals surface area contributed by atoms with Crippen LogP contribution in [0.4, 0.5) is 19.0 Å². The number of fused-ring (bicyclic) bond motifs is 1. The summed E-state index contributed by atoms with van der Waals surface area (Å²) in [5, 5.41) is 10.9. The molecule has 0 bridgehead atoms. The average Bonchev–Trinajstić information content (AvgIpc) is 3.33. The first-order valence-electron chi connectivity index (χ1n) is 9.81. The fourth-order valence-electron chi connectivity index (χ4n) is 3.63. The van der Waals surface area contributed by atoms with Crippen LogP contribution >= 0.6 is 0 Å². The Morgan fingerprint density at radius 1 is 1.25 bits per heavy atom. The van der Waals surface area contributed by atoms with E-state index in [9.17, 15) is 22.8 Å². The molecule has 1 aromatic carbocycles. The predicted octanol–water partition coefficient (Wildman–Crippen LogP) is 2.02. The smallest absolute Gasteiger partial charge is 0.337 e. The number of aromatic nitrogens is 5. The Balaban J connectivity index is 1.46. The van der Waals surface area contributed by atoms with E-state index in [2.05, 4.69) is 20.5 Å². The third kappa shape index (κ3) is 4.20. The van der Waals surface area contributed by atoms with Crippen molar-refractivity contribution in [2.24, 2.45) is 0 Å². The lowest BCUT2D eigenvalue weighted by Gasteiger charge is -2.19. The van der Waals surface area contributed by atoms with Gasteiger partial charge in [-0.2, -0.15) is 18.3 Å². The molecular weight excluding hydrogens is 427 g/mol. The van der Waals surface area contributed by atoms with Gasteiger partial charge in [0.25, 0.3) is 11.8 Å². The number of likely N-dealkylation sites (N-methyl/N-ethyl adjacent to an activating group) is 1. The summed E-state index contributed by atoms with van der Waals surface area (Å²) >= 11 is 0. The van der Waals surface area contributed by atoms with Gasteiger partial charge in [0.1, 0.15) is 18.2 Å². The topological polar surface area (TPSA) is 97.9 Å². The SMILES string of the molecule is Cc1cc2n(n1)CC[C@H](NC(=O)c1ncn(Cc3ccccc3C(F)(F)F)n1)C(=O)N2C.